The molecule has 5 rings (SSSR count). The molecule has 2 unspecified atom stereocenters. The lowest BCUT2D eigenvalue weighted by atomic mass is 9.76. The Morgan fingerprint density at radius 1 is 1.05 bits per heavy atom. The Hall–Kier alpha value is -3.26. The number of benzene rings is 3. The first-order valence-electron chi connectivity index (χ1n) is 12.8. The van der Waals surface area contributed by atoms with Gasteiger partial charge in [-0.3, -0.25) is 9.59 Å². The molecule has 0 bridgehead atoms. The van der Waals surface area contributed by atoms with Crippen LogP contribution in [0.4, 0.5) is 5.69 Å². The van der Waals surface area contributed by atoms with Gasteiger partial charge in [-0.2, -0.15) is 0 Å². The molecule has 0 spiro atoms. The fraction of sp³-hybridized carbons (Fsp3) is 0.333. The van der Waals surface area contributed by atoms with Crippen molar-refractivity contribution in [3.05, 3.63) is 86.9 Å². The van der Waals surface area contributed by atoms with Crippen molar-refractivity contribution in [1.82, 2.24) is 4.90 Å². The predicted octanol–water partition coefficient (Wildman–Crippen LogP) is 5.46. The Kier molecular flexibility index (Phi) is 7.51. The predicted molar refractivity (Wildman–Crippen MR) is 151 cm³/mol. The molecule has 2 atom stereocenters. The van der Waals surface area contributed by atoms with Crippen molar-refractivity contribution < 1.29 is 24.2 Å². The van der Waals surface area contributed by atoms with Crippen LogP contribution in [-0.2, 0) is 16.8 Å². The van der Waals surface area contributed by atoms with Crippen LogP contribution in [0, 0.1) is 0 Å². The number of hydrogen-bond acceptors (Lipinski definition) is 5. The summed E-state index contributed by atoms with van der Waals surface area (Å²) >= 11 is 13.2. The minimum Gasteiger partial charge on any atom is -0.497 e. The molecule has 9 heteroatoms. The van der Waals surface area contributed by atoms with E-state index in [-0.39, 0.29) is 24.9 Å². The van der Waals surface area contributed by atoms with E-state index in [0.29, 0.717) is 56.9 Å². The third-order valence-electron chi connectivity index (χ3n) is 7.72. The van der Waals surface area contributed by atoms with Crippen LogP contribution in [0.15, 0.2) is 54.6 Å². The smallest absolute Gasteiger partial charge is 0.253 e. The van der Waals surface area contributed by atoms with Crippen LogP contribution in [0.1, 0.15) is 46.8 Å². The number of aliphatic hydroxyl groups is 1. The molecular weight excluding hydrogens is 539 g/mol. The van der Waals surface area contributed by atoms with Gasteiger partial charge in [0.25, 0.3) is 5.91 Å². The topological polar surface area (TPSA) is 79.3 Å². The Morgan fingerprint density at radius 2 is 1.85 bits per heavy atom. The molecule has 2 amide bonds. The van der Waals surface area contributed by atoms with Crippen molar-refractivity contribution >= 4 is 40.7 Å². The van der Waals surface area contributed by atoms with E-state index in [4.69, 9.17) is 32.7 Å². The summed E-state index contributed by atoms with van der Waals surface area (Å²) in [5.74, 6) is 0.847. The second-order valence-electron chi connectivity index (χ2n) is 10.1. The third-order valence-corrected chi connectivity index (χ3v) is 8.28. The van der Waals surface area contributed by atoms with E-state index >= 15 is 0 Å². The van der Waals surface area contributed by atoms with Crippen molar-refractivity contribution in [1.29, 1.82) is 0 Å². The summed E-state index contributed by atoms with van der Waals surface area (Å²) in [4.78, 5) is 31.0. The first kappa shape index (κ1) is 27.3. The van der Waals surface area contributed by atoms with E-state index < -0.39 is 11.5 Å². The summed E-state index contributed by atoms with van der Waals surface area (Å²) in [5.41, 5.74) is 1.94. The number of amides is 2. The number of methoxy groups -OCH3 is 2. The van der Waals surface area contributed by atoms with Gasteiger partial charge in [0, 0.05) is 46.0 Å². The molecule has 3 aromatic carbocycles. The molecular formula is C30H30Cl2N2O5. The van der Waals surface area contributed by atoms with Crippen LogP contribution in [0.3, 0.4) is 0 Å². The number of anilines is 1. The summed E-state index contributed by atoms with van der Waals surface area (Å²) in [7, 11) is 3.16. The number of carbonyl (C=O) groups is 2. The fourth-order valence-electron chi connectivity index (χ4n) is 5.57. The fourth-order valence-corrected chi connectivity index (χ4v) is 6.05. The van der Waals surface area contributed by atoms with Gasteiger partial charge in [-0.15, -0.1) is 0 Å². The van der Waals surface area contributed by atoms with Crippen LogP contribution in [0.5, 0.6) is 11.5 Å². The highest BCUT2D eigenvalue weighted by molar-refractivity contribution is 6.33. The molecule has 0 aliphatic carbocycles. The highest BCUT2D eigenvalue weighted by Crippen LogP contribution is 2.49. The molecule has 2 heterocycles. The lowest BCUT2D eigenvalue weighted by Crippen LogP contribution is -2.42. The van der Waals surface area contributed by atoms with E-state index in [1.54, 1.807) is 60.4 Å². The largest absolute Gasteiger partial charge is 0.497 e. The van der Waals surface area contributed by atoms with Crippen molar-refractivity contribution in [2.45, 2.75) is 37.8 Å². The minimum absolute atomic E-state index is 0.197. The number of ether oxygens (including phenoxy) is 2. The molecule has 7 nitrogen and oxygen atoms in total. The van der Waals surface area contributed by atoms with Gasteiger partial charge < -0.3 is 24.4 Å². The van der Waals surface area contributed by atoms with Gasteiger partial charge in [-0.1, -0.05) is 23.2 Å². The van der Waals surface area contributed by atoms with Crippen molar-refractivity contribution in [2.75, 3.05) is 32.2 Å². The second-order valence-corrected chi connectivity index (χ2v) is 10.9. The van der Waals surface area contributed by atoms with Crippen molar-refractivity contribution in [3.63, 3.8) is 0 Å². The Bertz CT molecular complexity index is 1440. The zero-order valence-electron chi connectivity index (χ0n) is 22.0. The number of aliphatic hydroxyl groups excluding tert-OH is 1. The summed E-state index contributed by atoms with van der Waals surface area (Å²) in [5, 5.41) is 10.9. The minimum atomic E-state index is -1.20. The molecule has 204 valence electrons. The van der Waals surface area contributed by atoms with Gasteiger partial charge in [-0.05, 0) is 79.4 Å². The lowest BCUT2D eigenvalue weighted by Gasteiger charge is -2.31. The molecule has 0 radical (unpaired) electrons. The van der Waals surface area contributed by atoms with Crippen LogP contribution in [0.2, 0.25) is 10.0 Å². The van der Waals surface area contributed by atoms with Crippen LogP contribution >= 0.6 is 23.2 Å². The van der Waals surface area contributed by atoms with E-state index in [9.17, 15) is 14.7 Å². The number of fused-ring (bicyclic) bond motifs is 1. The zero-order valence-corrected chi connectivity index (χ0v) is 23.6. The van der Waals surface area contributed by atoms with Gasteiger partial charge in [0.05, 0.1) is 26.9 Å². The van der Waals surface area contributed by atoms with Gasteiger partial charge in [-0.25, -0.2) is 0 Å². The normalized spacial score (nSPS) is 20.7. The maximum absolute atomic E-state index is 14.3. The SMILES string of the molecule is COc1ccc(CN2C(=O)C(C)(c3cc(C(=O)N4CCCC(O)C4)ccc3Cl)c3cc(Cl)ccc32)c(OC)c1. The van der Waals surface area contributed by atoms with Crippen LogP contribution in [0.25, 0.3) is 0 Å². The summed E-state index contributed by atoms with van der Waals surface area (Å²) < 4.78 is 10.9. The van der Waals surface area contributed by atoms with Gasteiger partial charge >= 0.3 is 0 Å². The number of hydrogen-bond donors (Lipinski definition) is 1. The number of nitrogens with zero attached hydrogens (tertiary/aromatic N) is 2. The van der Waals surface area contributed by atoms with Gasteiger partial charge in [0.2, 0.25) is 5.91 Å². The summed E-state index contributed by atoms with van der Waals surface area (Å²) in [6.45, 7) is 2.91. The zero-order chi connectivity index (χ0) is 27.9. The molecule has 1 fully saturated rings. The van der Waals surface area contributed by atoms with E-state index in [1.807, 2.05) is 25.1 Å². The highest BCUT2D eigenvalue weighted by atomic mass is 35.5. The lowest BCUT2D eigenvalue weighted by molar-refractivity contribution is -0.121. The molecule has 2 aliphatic rings. The maximum atomic E-state index is 14.3. The van der Waals surface area contributed by atoms with Crippen LogP contribution < -0.4 is 14.4 Å². The number of rotatable bonds is 6. The van der Waals surface area contributed by atoms with Crippen molar-refractivity contribution in [2.24, 2.45) is 0 Å². The number of carbonyl (C=O) groups excluding carboxylic acids is 2. The van der Waals surface area contributed by atoms with Gasteiger partial charge in [0.1, 0.15) is 16.9 Å². The molecule has 1 N–H and O–H groups in total. The average molecular weight is 569 g/mol. The first-order valence-corrected chi connectivity index (χ1v) is 13.5. The molecule has 2 aliphatic heterocycles. The highest BCUT2D eigenvalue weighted by Gasteiger charge is 2.50. The van der Waals surface area contributed by atoms with E-state index in [0.717, 1.165) is 12.0 Å². The number of piperidine rings is 1. The Labute approximate surface area is 237 Å². The Morgan fingerprint density at radius 3 is 2.56 bits per heavy atom. The average Bonchev–Trinajstić information content (AvgIpc) is 3.14. The maximum Gasteiger partial charge on any atom is 0.253 e. The van der Waals surface area contributed by atoms with E-state index in [2.05, 4.69) is 0 Å². The summed E-state index contributed by atoms with van der Waals surface area (Å²) in [6, 6.07) is 15.9. The third kappa shape index (κ3) is 4.84. The standard InChI is InChI=1S/C30H30Cl2N2O5/c1-30(23-13-18(7-10-25(23)32)28(36)33-12-4-5-21(35)17-33)24-14-20(31)8-11-26(24)34(29(30)37)16-19-6-9-22(38-2)15-27(19)39-3/h6-11,13-15,21,35H,4-5,12,16-17H2,1-3H3. The van der Waals surface area contributed by atoms with E-state index in [1.165, 1.54) is 0 Å². The molecule has 1 saturated heterocycles. The first-order chi connectivity index (χ1) is 18.7. The van der Waals surface area contributed by atoms with Gasteiger partial charge in [0.15, 0.2) is 0 Å². The van der Waals surface area contributed by atoms with Crippen LogP contribution in [-0.4, -0.2) is 55.2 Å². The second kappa shape index (κ2) is 10.7. The van der Waals surface area contributed by atoms with Crippen molar-refractivity contribution in [3.8, 4) is 11.5 Å². The number of likely N-dealkylation sites (tertiary alicyclic amines) is 1. The quantitative estimate of drug-likeness (QED) is 0.427. The number of β-amino-alcohol motifs (C(OH)–C–C–N with tert-alkyl or cyclic N) is 1. The molecule has 0 saturated carbocycles. The Balaban J connectivity index is 1.57. The summed E-state index contributed by atoms with van der Waals surface area (Å²) in [6.07, 6.45) is 0.870. The monoisotopic (exact) mass is 568 g/mol. The molecule has 39 heavy (non-hydrogen) atoms. The molecule has 0 aromatic heterocycles. The number of halogens is 2. The molecule has 3 aromatic rings.